The molecule has 3 heteroatoms. The van der Waals surface area contributed by atoms with E-state index >= 15 is 0 Å². The zero-order valence-corrected chi connectivity index (χ0v) is 24.4. The Morgan fingerprint density at radius 2 is 1.15 bits per heavy atom. The van der Waals surface area contributed by atoms with E-state index in [9.17, 15) is 4.79 Å². The van der Waals surface area contributed by atoms with Crippen LogP contribution in [0.5, 0.6) is 5.75 Å². The first kappa shape index (κ1) is 30.5. The van der Waals surface area contributed by atoms with Crippen LogP contribution in [-0.2, 0) is 9.53 Å². The maximum absolute atomic E-state index is 11.9. The minimum Gasteiger partial charge on any atom is -0.494 e. The lowest BCUT2D eigenvalue weighted by molar-refractivity contribution is -0.148. The maximum Gasteiger partial charge on any atom is 0.306 e. The zero-order chi connectivity index (χ0) is 27.7. The normalized spacial score (nSPS) is 11.8. The Morgan fingerprint density at radius 3 is 1.69 bits per heavy atom. The monoisotopic (exact) mass is 528 g/mol. The minimum atomic E-state index is -0.249. The fraction of sp³-hybridized carbons (Fsp3) is 0.472. The van der Waals surface area contributed by atoms with E-state index in [1.165, 1.54) is 74.5 Å². The number of carbonyl (C=O) groups is 1. The van der Waals surface area contributed by atoms with Crippen molar-refractivity contribution >= 4 is 5.97 Å². The topological polar surface area (TPSA) is 35.5 Å². The van der Waals surface area contributed by atoms with Gasteiger partial charge in [-0.15, -0.1) is 0 Å². The van der Waals surface area contributed by atoms with E-state index in [4.69, 9.17) is 9.47 Å². The fourth-order valence-electron chi connectivity index (χ4n) is 4.96. The number of unbranched alkanes of at least 4 members (excludes halogenated alkanes) is 9. The highest BCUT2D eigenvalue weighted by atomic mass is 16.5. The molecule has 0 aliphatic heterocycles. The van der Waals surface area contributed by atoms with Crippen molar-refractivity contribution in [1.29, 1.82) is 0 Å². The molecule has 1 atom stereocenters. The third-order valence-corrected chi connectivity index (χ3v) is 7.31. The van der Waals surface area contributed by atoms with Gasteiger partial charge in [-0.05, 0) is 59.7 Å². The average molecular weight is 529 g/mol. The molecule has 0 radical (unpaired) electrons. The first-order chi connectivity index (χ1) is 19.1. The number of benzene rings is 3. The molecule has 0 amide bonds. The second-order valence-electron chi connectivity index (χ2n) is 10.6. The minimum absolute atomic E-state index is 0.143. The molecule has 3 aromatic carbocycles. The van der Waals surface area contributed by atoms with Crippen molar-refractivity contribution in [3.05, 3.63) is 78.4 Å². The van der Waals surface area contributed by atoms with Crippen molar-refractivity contribution in [2.24, 2.45) is 0 Å². The summed E-state index contributed by atoms with van der Waals surface area (Å²) >= 11 is 0. The van der Waals surface area contributed by atoms with Crippen LogP contribution >= 0.6 is 0 Å². The molecule has 0 fully saturated rings. The summed E-state index contributed by atoms with van der Waals surface area (Å²) in [5, 5.41) is 0. The van der Waals surface area contributed by atoms with E-state index in [-0.39, 0.29) is 12.1 Å². The average Bonchev–Trinajstić information content (AvgIpc) is 2.96. The van der Waals surface area contributed by atoms with E-state index in [0.29, 0.717) is 6.42 Å². The van der Waals surface area contributed by atoms with Crippen molar-refractivity contribution in [1.82, 2.24) is 0 Å². The molecule has 0 saturated heterocycles. The van der Waals surface area contributed by atoms with Crippen LogP contribution in [-0.4, -0.2) is 12.6 Å². The lowest BCUT2D eigenvalue weighted by Gasteiger charge is -2.15. The highest BCUT2D eigenvalue weighted by Crippen LogP contribution is 2.33. The number of rotatable bonds is 18. The second-order valence-corrected chi connectivity index (χ2v) is 10.6. The standard InChI is InChI=1S/C36H48O3/c1-4-6-7-8-9-10-11-12-13-16-28-38-33-26-24-32(25-27-33)35-19-15-14-18-34(35)31-22-20-30(21-23-31)29(3)39-36(37)17-5-2/h14-15,18-27,29H,4-13,16-17,28H2,1-3H3. The Bertz CT molecular complexity index is 1090. The SMILES string of the molecule is CCCCCCCCCCCCOc1ccc(-c2ccccc2-c2ccc(C(C)OC(=O)CCC)cc2)cc1. The molecule has 0 heterocycles. The Balaban J connectivity index is 1.49. The predicted molar refractivity (Wildman–Crippen MR) is 164 cm³/mol. The summed E-state index contributed by atoms with van der Waals surface area (Å²) in [6.45, 7) is 6.97. The van der Waals surface area contributed by atoms with Crippen LogP contribution in [0, 0.1) is 0 Å². The predicted octanol–water partition coefficient (Wildman–Crippen LogP) is 10.7. The molecule has 0 aromatic heterocycles. The third kappa shape index (κ3) is 10.5. The van der Waals surface area contributed by atoms with Crippen molar-refractivity contribution in [2.45, 2.75) is 104 Å². The van der Waals surface area contributed by atoms with Crippen LogP contribution in [0.25, 0.3) is 22.3 Å². The van der Waals surface area contributed by atoms with Crippen LogP contribution in [0.1, 0.15) is 109 Å². The lowest BCUT2D eigenvalue weighted by Crippen LogP contribution is -2.08. The van der Waals surface area contributed by atoms with Gasteiger partial charge >= 0.3 is 5.97 Å². The van der Waals surface area contributed by atoms with Gasteiger partial charge < -0.3 is 9.47 Å². The van der Waals surface area contributed by atoms with Crippen LogP contribution in [0.2, 0.25) is 0 Å². The molecule has 0 saturated carbocycles. The van der Waals surface area contributed by atoms with Crippen LogP contribution in [0.15, 0.2) is 72.8 Å². The molecule has 0 aliphatic rings. The fourth-order valence-corrected chi connectivity index (χ4v) is 4.96. The molecule has 0 bridgehead atoms. The first-order valence-electron chi connectivity index (χ1n) is 15.2. The summed E-state index contributed by atoms with van der Waals surface area (Å²) in [5.74, 6) is 0.790. The van der Waals surface area contributed by atoms with Gasteiger partial charge in [0.2, 0.25) is 0 Å². The quantitative estimate of drug-likeness (QED) is 0.122. The number of hydrogen-bond donors (Lipinski definition) is 0. The second kappa shape index (κ2) is 17.5. The van der Waals surface area contributed by atoms with Crippen LogP contribution in [0.3, 0.4) is 0 Å². The van der Waals surface area contributed by atoms with Gasteiger partial charge in [0.15, 0.2) is 0 Å². The van der Waals surface area contributed by atoms with E-state index < -0.39 is 0 Å². The first-order valence-corrected chi connectivity index (χ1v) is 15.2. The summed E-state index contributed by atoms with van der Waals surface area (Å²) in [4.78, 5) is 11.9. The highest BCUT2D eigenvalue weighted by Gasteiger charge is 2.12. The van der Waals surface area contributed by atoms with Gasteiger partial charge in [0.1, 0.15) is 11.9 Å². The van der Waals surface area contributed by atoms with Crippen molar-refractivity contribution in [3.63, 3.8) is 0 Å². The maximum atomic E-state index is 11.9. The molecule has 210 valence electrons. The Kier molecular flexibility index (Phi) is 13.7. The smallest absolute Gasteiger partial charge is 0.306 e. The summed E-state index contributed by atoms with van der Waals surface area (Å²) in [5.41, 5.74) is 5.68. The highest BCUT2D eigenvalue weighted by molar-refractivity contribution is 5.83. The molecule has 0 aliphatic carbocycles. The summed E-state index contributed by atoms with van der Waals surface area (Å²) in [7, 11) is 0. The summed E-state index contributed by atoms with van der Waals surface area (Å²) < 4.78 is 11.6. The molecular formula is C36H48O3. The van der Waals surface area contributed by atoms with Gasteiger partial charge in [-0.2, -0.15) is 0 Å². The van der Waals surface area contributed by atoms with Crippen LogP contribution < -0.4 is 4.74 Å². The molecular weight excluding hydrogens is 480 g/mol. The number of esters is 1. The number of carbonyl (C=O) groups excluding carboxylic acids is 1. The Hall–Kier alpha value is -3.07. The number of ether oxygens (including phenoxy) is 2. The Morgan fingerprint density at radius 1 is 0.641 bits per heavy atom. The van der Waals surface area contributed by atoms with Gasteiger partial charge in [-0.1, -0.05) is 132 Å². The van der Waals surface area contributed by atoms with Gasteiger partial charge in [0.25, 0.3) is 0 Å². The van der Waals surface area contributed by atoms with Gasteiger partial charge in [-0.25, -0.2) is 0 Å². The van der Waals surface area contributed by atoms with E-state index in [0.717, 1.165) is 36.3 Å². The van der Waals surface area contributed by atoms with Crippen molar-refractivity contribution < 1.29 is 14.3 Å². The largest absolute Gasteiger partial charge is 0.494 e. The summed E-state index contributed by atoms with van der Waals surface area (Å²) in [6, 6.07) is 25.3. The molecule has 3 aromatic rings. The molecule has 0 N–H and O–H groups in total. The molecule has 3 nitrogen and oxygen atoms in total. The number of hydrogen-bond acceptors (Lipinski definition) is 3. The van der Waals surface area contributed by atoms with Crippen molar-refractivity contribution in [2.75, 3.05) is 6.61 Å². The third-order valence-electron chi connectivity index (χ3n) is 7.31. The van der Waals surface area contributed by atoms with Crippen LogP contribution in [0.4, 0.5) is 0 Å². The van der Waals surface area contributed by atoms with E-state index in [1.807, 2.05) is 13.8 Å². The molecule has 3 rings (SSSR count). The van der Waals surface area contributed by atoms with Gasteiger partial charge in [0.05, 0.1) is 6.61 Å². The van der Waals surface area contributed by atoms with E-state index in [1.54, 1.807) is 0 Å². The van der Waals surface area contributed by atoms with Gasteiger partial charge in [-0.3, -0.25) is 4.79 Å². The lowest BCUT2D eigenvalue weighted by atomic mass is 9.94. The molecule has 1 unspecified atom stereocenters. The molecule has 0 spiro atoms. The molecule has 39 heavy (non-hydrogen) atoms. The van der Waals surface area contributed by atoms with E-state index in [2.05, 4.69) is 79.7 Å². The summed E-state index contributed by atoms with van der Waals surface area (Å²) in [6.07, 6.45) is 14.3. The Labute approximate surface area is 237 Å². The van der Waals surface area contributed by atoms with Crippen molar-refractivity contribution in [3.8, 4) is 28.0 Å². The zero-order valence-electron chi connectivity index (χ0n) is 24.4. The van der Waals surface area contributed by atoms with Gasteiger partial charge in [0, 0.05) is 6.42 Å².